The monoisotopic (exact) mass is 426 g/mol. The van der Waals surface area contributed by atoms with Crippen LogP contribution in [0.25, 0.3) is 17.4 Å². The SMILES string of the molecule is Cc1cccc(CN2C(=O)N/C(=C\c3ccc(-c4ccc(Cl)cc4Cl)o3)C2=O)c1. The first-order chi connectivity index (χ1) is 13.9. The van der Waals surface area contributed by atoms with Crippen molar-refractivity contribution in [3.8, 4) is 11.3 Å². The van der Waals surface area contributed by atoms with Gasteiger partial charge in [0.2, 0.25) is 0 Å². The first-order valence-corrected chi connectivity index (χ1v) is 9.61. The second-order valence-corrected chi connectivity index (χ2v) is 7.54. The van der Waals surface area contributed by atoms with Gasteiger partial charge in [0.05, 0.1) is 11.6 Å². The van der Waals surface area contributed by atoms with Crippen LogP contribution in [-0.4, -0.2) is 16.8 Å². The highest BCUT2D eigenvalue weighted by molar-refractivity contribution is 6.36. The van der Waals surface area contributed by atoms with E-state index in [0.29, 0.717) is 27.1 Å². The van der Waals surface area contributed by atoms with E-state index in [4.69, 9.17) is 27.6 Å². The molecule has 1 N–H and O–H groups in total. The minimum atomic E-state index is -0.463. The third-order valence-electron chi connectivity index (χ3n) is 4.50. The lowest BCUT2D eigenvalue weighted by molar-refractivity contribution is -0.123. The van der Waals surface area contributed by atoms with E-state index in [1.807, 2.05) is 31.2 Å². The highest BCUT2D eigenvalue weighted by Crippen LogP contribution is 2.32. The highest BCUT2D eigenvalue weighted by Gasteiger charge is 2.33. The molecule has 1 saturated heterocycles. The van der Waals surface area contributed by atoms with Gasteiger partial charge < -0.3 is 9.73 Å². The molecule has 0 aliphatic carbocycles. The number of amides is 3. The fraction of sp³-hybridized carbons (Fsp3) is 0.0909. The number of rotatable bonds is 4. The number of halogens is 2. The number of nitrogens with one attached hydrogen (secondary N) is 1. The standard InChI is InChI=1S/C22H16Cl2N2O3/c1-13-3-2-4-14(9-13)12-26-21(27)19(25-22(26)28)11-16-6-8-20(29-16)17-7-5-15(23)10-18(17)24/h2-11H,12H2,1H3,(H,25,28)/b19-11-. The summed E-state index contributed by atoms with van der Waals surface area (Å²) in [7, 11) is 0. The number of aryl methyl sites for hydroxylation is 1. The topological polar surface area (TPSA) is 62.6 Å². The van der Waals surface area contributed by atoms with Crippen molar-refractivity contribution in [3.05, 3.63) is 87.2 Å². The van der Waals surface area contributed by atoms with Gasteiger partial charge in [0.1, 0.15) is 17.2 Å². The van der Waals surface area contributed by atoms with Crippen molar-refractivity contribution in [3.63, 3.8) is 0 Å². The zero-order valence-electron chi connectivity index (χ0n) is 15.4. The van der Waals surface area contributed by atoms with Crippen molar-refractivity contribution >= 4 is 41.2 Å². The fourth-order valence-corrected chi connectivity index (χ4v) is 3.62. The van der Waals surface area contributed by atoms with E-state index < -0.39 is 11.9 Å². The molecule has 4 rings (SSSR count). The van der Waals surface area contributed by atoms with Gasteiger partial charge in [-0.3, -0.25) is 9.69 Å². The van der Waals surface area contributed by atoms with Crippen molar-refractivity contribution in [2.24, 2.45) is 0 Å². The molecule has 1 aliphatic rings. The summed E-state index contributed by atoms with van der Waals surface area (Å²) >= 11 is 12.1. The van der Waals surface area contributed by atoms with Gasteiger partial charge in [-0.25, -0.2) is 4.79 Å². The first-order valence-electron chi connectivity index (χ1n) is 8.86. The molecule has 0 saturated carbocycles. The number of nitrogens with zero attached hydrogens (tertiary/aromatic N) is 1. The van der Waals surface area contributed by atoms with Gasteiger partial charge in [0, 0.05) is 16.7 Å². The number of imide groups is 1. The molecule has 146 valence electrons. The molecule has 3 aromatic rings. The number of furan rings is 1. The van der Waals surface area contributed by atoms with Crippen LogP contribution >= 0.6 is 23.2 Å². The Morgan fingerprint density at radius 1 is 1.07 bits per heavy atom. The average Bonchev–Trinajstić information content (AvgIpc) is 3.22. The second-order valence-electron chi connectivity index (χ2n) is 6.69. The molecule has 5 nitrogen and oxygen atoms in total. The molecule has 0 unspecified atom stereocenters. The zero-order chi connectivity index (χ0) is 20.5. The predicted octanol–water partition coefficient (Wildman–Crippen LogP) is 5.65. The second kappa shape index (κ2) is 7.78. The van der Waals surface area contributed by atoms with Crippen LogP contribution in [0.1, 0.15) is 16.9 Å². The lowest BCUT2D eigenvalue weighted by Gasteiger charge is -2.12. The van der Waals surface area contributed by atoms with Crippen LogP contribution in [0.2, 0.25) is 10.0 Å². The minimum absolute atomic E-state index is 0.158. The fourth-order valence-electron chi connectivity index (χ4n) is 3.12. The zero-order valence-corrected chi connectivity index (χ0v) is 16.9. The minimum Gasteiger partial charge on any atom is -0.457 e. The van der Waals surface area contributed by atoms with Crippen LogP contribution in [-0.2, 0) is 11.3 Å². The number of carbonyl (C=O) groups is 2. The van der Waals surface area contributed by atoms with Crippen LogP contribution < -0.4 is 5.32 Å². The molecule has 1 aliphatic heterocycles. The molecule has 0 bridgehead atoms. The Morgan fingerprint density at radius 2 is 1.90 bits per heavy atom. The van der Waals surface area contributed by atoms with Gasteiger partial charge in [-0.1, -0.05) is 53.0 Å². The van der Waals surface area contributed by atoms with Crippen molar-refractivity contribution < 1.29 is 14.0 Å². The maximum Gasteiger partial charge on any atom is 0.329 e. The van der Waals surface area contributed by atoms with E-state index in [1.54, 1.807) is 30.3 Å². The molecule has 0 spiro atoms. The number of benzene rings is 2. The summed E-state index contributed by atoms with van der Waals surface area (Å²) in [5, 5.41) is 3.59. The van der Waals surface area contributed by atoms with Gasteiger partial charge in [0.15, 0.2) is 0 Å². The summed E-state index contributed by atoms with van der Waals surface area (Å²) in [6, 6.07) is 15.8. The molecule has 1 fully saturated rings. The Kier molecular flexibility index (Phi) is 5.18. The largest absolute Gasteiger partial charge is 0.457 e. The molecule has 2 heterocycles. The Labute approximate surface area is 177 Å². The van der Waals surface area contributed by atoms with Crippen LogP contribution in [0.15, 0.2) is 64.7 Å². The average molecular weight is 427 g/mol. The molecule has 2 aromatic carbocycles. The van der Waals surface area contributed by atoms with E-state index in [0.717, 1.165) is 11.1 Å². The van der Waals surface area contributed by atoms with E-state index in [-0.39, 0.29) is 12.2 Å². The maximum atomic E-state index is 12.7. The Bertz CT molecular complexity index is 1150. The Hall–Kier alpha value is -3.02. The molecule has 7 heteroatoms. The van der Waals surface area contributed by atoms with Crippen molar-refractivity contribution in [1.29, 1.82) is 0 Å². The van der Waals surface area contributed by atoms with Gasteiger partial charge >= 0.3 is 6.03 Å². The van der Waals surface area contributed by atoms with Crippen LogP contribution in [0.3, 0.4) is 0 Å². The molecule has 1 aromatic heterocycles. The molecule has 29 heavy (non-hydrogen) atoms. The molecule has 0 atom stereocenters. The lowest BCUT2D eigenvalue weighted by atomic mass is 10.1. The van der Waals surface area contributed by atoms with Gasteiger partial charge in [0.25, 0.3) is 5.91 Å². The van der Waals surface area contributed by atoms with E-state index in [2.05, 4.69) is 5.32 Å². The van der Waals surface area contributed by atoms with Crippen molar-refractivity contribution in [2.75, 3.05) is 0 Å². The summed E-state index contributed by atoms with van der Waals surface area (Å²) in [5.41, 5.74) is 2.79. The number of hydrogen-bond acceptors (Lipinski definition) is 3. The molecular weight excluding hydrogens is 411 g/mol. The van der Waals surface area contributed by atoms with E-state index in [1.165, 1.54) is 11.0 Å². The van der Waals surface area contributed by atoms with Gasteiger partial charge in [-0.15, -0.1) is 0 Å². The number of carbonyl (C=O) groups excluding carboxylic acids is 2. The van der Waals surface area contributed by atoms with Crippen molar-refractivity contribution in [2.45, 2.75) is 13.5 Å². The maximum absolute atomic E-state index is 12.7. The molecule has 0 radical (unpaired) electrons. The molecular formula is C22H16Cl2N2O3. The smallest absolute Gasteiger partial charge is 0.329 e. The van der Waals surface area contributed by atoms with E-state index >= 15 is 0 Å². The first kappa shape index (κ1) is 19.3. The quantitative estimate of drug-likeness (QED) is 0.432. The summed E-state index contributed by atoms with van der Waals surface area (Å²) < 4.78 is 5.78. The summed E-state index contributed by atoms with van der Waals surface area (Å²) in [4.78, 5) is 26.1. The van der Waals surface area contributed by atoms with Crippen molar-refractivity contribution in [1.82, 2.24) is 10.2 Å². The summed E-state index contributed by atoms with van der Waals surface area (Å²) in [5.74, 6) is 0.554. The van der Waals surface area contributed by atoms with Gasteiger partial charge in [-0.2, -0.15) is 0 Å². The molecule has 3 amide bonds. The van der Waals surface area contributed by atoms with Crippen LogP contribution in [0.5, 0.6) is 0 Å². The third-order valence-corrected chi connectivity index (χ3v) is 5.04. The predicted molar refractivity (Wildman–Crippen MR) is 112 cm³/mol. The number of urea groups is 1. The van der Waals surface area contributed by atoms with Crippen LogP contribution in [0.4, 0.5) is 4.79 Å². The summed E-state index contributed by atoms with van der Waals surface area (Å²) in [6.07, 6.45) is 1.50. The normalized spacial score (nSPS) is 15.3. The third kappa shape index (κ3) is 4.06. The highest BCUT2D eigenvalue weighted by atomic mass is 35.5. The summed E-state index contributed by atoms with van der Waals surface area (Å²) in [6.45, 7) is 2.16. The Morgan fingerprint density at radius 3 is 2.66 bits per heavy atom. The van der Waals surface area contributed by atoms with Gasteiger partial charge in [-0.05, 0) is 42.8 Å². The number of hydrogen-bond donors (Lipinski definition) is 1. The van der Waals surface area contributed by atoms with Crippen LogP contribution in [0, 0.1) is 6.92 Å². The lowest BCUT2D eigenvalue weighted by Crippen LogP contribution is -2.30. The Balaban J connectivity index is 1.55. The van der Waals surface area contributed by atoms with E-state index in [9.17, 15) is 9.59 Å².